The number of hydrogen-bond donors (Lipinski definition) is 1. The quantitative estimate of drug-likeness (QED) is 0.431. The van der Waals surface area contributed by atoms with Crippen LogP contribution in [-0.2, 0) is 31.6 Å². The number of likely N-dealkylation sites (N-methyl/N-ethyl adjacent to an activating group) is 1. The minimum Gasteiger partial charge on any atom is -0.444 e. The zero-order valence-corrected chi connectivity index (χ0v) is 25.8. The van der Waals surface area contributed by atoms with Crippen molar-refractivity contribution in [3.05, 3.63) is 58.9 Å². The van der Waals surface area contributed by atoms with Gasteiger partial charge < -0.3 is 24.3 Å². The van der Waals surface area contributed by atoms with Crippen LogP contribution in [0.3, 0.4) is 0 Å². The number of amides is 2. The van der Waals surface area contributed by atoms with Gasteiger partial charge in [0.2, 0.25) is 11.6 Å². The van der Waals surface area contributed by atoms with Gasteiger partial charge in [0.1, 0.15) is 11.6 Å². The molecule has 11 nitrogen and oxygen atoms in total. The van der Waals surface area contributed by atoms with Crippen LogP contribution < -0.4 is 10.2 Å². The minimum atomic E-state index is -4.09. The molecule has 0 spiro atoms. The first-order valence-electron chi connectivity index (χ1n) is 13.8. The molecule has 2 aliphatic rings. The lowest BCUT2D eigenvalue weighted by atomic mass is 9.95. The molecule has 0 bridgehead atoms. The third-order valence-electron chi connectivity index (χ3n) is 7.17. The molecule has 1 fully saturated rings. The number of halogens is 2. The predicted molar refractivity (Wildman–Crippen MR) is 157 cm³/mol. The molecule has 1 saturated heterocycles. The highest BCUT2D eigenvalue weighted by Gasteiger charge is 2.42. The number of fused-ring (bicyclic) bond motifs is 1. The highest BCUT2D eigenvalue weighted by Crippen LogP contribution is 2.38. The fourth-order valence-corrected chi connectivity index (χ4v) is 6.94. The number of piperidine rings is 1. The van der Waals surface area contributed by atoms with Gasteiger partial charge in [-0.15, -0.1) is 10.2 Å². The van der Waals surface area contributed by atoms with Gasteiger partial charge in [0, 0.05) is 17.1 Å². The van der Waals surface area contributed by atoms with E-state index in [1.165, 1.54) is 23.1 Å². The molecule has 2 atom stereocenters. The molecule has 14 heteroatoms. The van der Waals surface area contributed by atoms with Crippen LogP contribution in [-0.4, -0.2) is 73.0 Å². The molecule has 0 saturated carbocycles. The smallest absolute Gasteiger partial charge is 0.408 e. The molecule has 0 radical (unpaired) electrons. The molecule has 43 heavy (non-hydrogen) atoms. The minimum absolute atomic E-state index is 0.0213. The second kappa shape index (κ2) is 11.5. The van der Waals surface area contributed by atoms with Crippen LogP contribution in [0, 0.1) is 0 Å². The summed E-state index contributed by atoms with van der Waals surface area (Å²) in [5.74, 6) is -1.53. The molecule has 1 N–H and O–H groups in total. The maximum atomic E-state index is 15.7. The number of benzene rings is 2. The number of alkyl carbamates (subject to hydrolysis) is 1. The second-order valence-electron chi connectivity index (χ2n) is 11.9. The van der Waals surface area contributed by atoms with Crippen LogP contribution in [0.2, 0.25) is 5.02 Å². The largest absolute Gasteiger partial charge is 0.444 e. The number of rotatable bonds is 5. The first-order chi connectivity index (χ1) is 20.1. The SMILES string of the molecule is CN1CCCC(F)(c2nnc(-c3ccc4c(c3)N(Cc3ccc(Cl)cc3)C(=O)[C@@H](NC(=O)OC(C)(C)C)CS4(=O)=O)o2)C1. The highest BCUT2D eigenvalue weighted by molar-refractivity contribution is 7.91. The standard InChI is InChI=1S/C29H33ClFN5O6S/c1-28(2,3)42-27(38)32-21-16-43(39,40)23-11-8-19(24-33-34-26(41-24)29(31)12-5-13-35(4)17-29)14-22(23)36(25(21)37)15-18-6-9-20(30)10-7-18/h6-11,14,21H,5,12-13,15-17H2,1-4H3,(H,32,38)/t21-,29?/m0/s1. The summed E-state index contributed by atoms with van der Waals surface area (Å²) in [6.45, 7) is 5.79. The van der Waals surface area contributed by atoms with Gasteiger partial charge in [0.05, 0.1) is 22.9 Å². The van der Waals surface area contributed by atoms with Crippen molar-refractivity contribution in [1.29, 1.82) is 0 Å². The molecule has 3 heterocycles. The lowest BCUT2D eigenvalue weighted by molar-refractivity contribution is -0.120. The molecule has 1 aromatic heterocycles. The Labute approximate surface area is 254 Å². The third kappa shape index (κ3) is 6.84. The number of alkyl halides is 1. The topological polar surface area (TPSA) is 135 Å². The molecule has 2 aromatic carbocycles. The predicted octanol–water partition coefficient (Wildman–Crippen LogP) is 4.49. The average molecular weight is 634 g/mol. The fraction of sp³-hybridized carbons (Fsp3) is 0.448. The van der Waals surface area contributed by atoms with Crippen molar-refractivity contribution in [3.63, 3.8) is 0 Å². The Hall–Kier alpha value is -3.55. The molecule has 0 aliphatic carbocycles. The summed E-state index contributed by atoms with van der Waals surface area (Å²) in [5.41, 5.74) is -1.67. The van der Waals surface area contributed by atoms with Crippen molar-refractivity contribution in [2.24, 2.45) is 0 Å². The van der Waals surface area contributed by atoms with Crippen LogP contribution in [0.25, 0.3) is 11.5 Å². The van der Waals surface area contributed by atoms with Gasteiger partial charge in [-0.1, -0.05) is 23.7 Å². The number of hydrogen-bond acceptors (Lipinski definition) is 9. The number of aromatic nitrogens is 2. The zero-order valence-electron chi connectivity index (χ0n) is 24.3. The normalized spacial score (nSPS) is 22.5. The van der Waals surface area contributed by atoms with Crippen molar-refractivity contribution in [1.82, 2.24) is 20.4 Å². The summed E-state index contributed by atoms with van der Waals surface area (Å²) in [6, 6.07) is 9.55. The molecule has 2 amide bonds. The lowest BCUT2D eigenvalue weighted by Crippen LogP contribution is -2.51. The molecular formula is C29H33ClFN5O6S. The summed E-state index contributed by atoms with van der Waals surface area (Å²) >= 11 is 6.05. The highest BCUT2D eigenvalue weighted by atomic mass is 35.5. The Morgan fingerprint density at radius 1 is 1.21 bits per heavy atom. The lowest BCUT2D eigenvalue weighted by Gasteiger charge is -2.32. The first kappa shape index (κ1) is 30.9. The van der Waals surface area contributed by atoms with Gasteiger partial charge in [0.25, 0.3) is 11.8 Å². The van der Waals surface area contributed by atoms with Gasteiger partial charge in [-0.3, -0.25) is 4.79 Å². The zero-order chi connectivity index (χ0) is 31.2. The summed E-state index contributed by atoms with van der Waals surface area (Å²) in [6.07, 6.45) is -0.0653. The Bertz CT molecular complexity index is 1640. The van der Waals surface area contributed by atoms with Crippen LogP contribution >= 0.6 is 11.6 Å². The molecule has 2 aliphatic heterocycles. The fourth-order valence-electron chi connectivity index (χ4n) is 5.21. The average Bonchev–Trinajstić information content (AvgIpc) is 3.40. The van der Waals surface area contributed by atoms with Crippen LogP contribution in [0.15, 0.2) is 51.8 Å². The van der Waals surface area contributed by atoms with E-state index in [1.54, 1.807) is 45.0 Å². The molecule has 230 valence electrons. The number of ether oxygens (including phenoxy) is 1. The van der Waals surface area contributed by atoms with E-state index >= 15 is 4.39 Å². The maximum Gasteiger partial charge on any atom is 0.408 e. The number of carbonyl (C=O) groups is 2. The number of likely N-dealkylation sites (tertiary alicyclic amines) is 1. The summed E-state index contributed by atoms with van der Waals surface area (Å²) < 4.78 is 54.0. The third-order valence-corrected chi connectivity index (χ3v) is 9.21. The molecule has 5 rings (SSSR count). The number of nitrogens with zero attached hydrogens (tertiary/aromatic N) is 4. The Morgan fingerprint density at radius 3 is 2.60 bits per heavy atom. The molecular weight excluding hydrogens is 601 g/mol. The van der Waals surface area contributed by atoms with E-state index in [0.29, 0.717) is 22.6 Å². The van der Waals surface area contributed by atoms with Gasteiger partial charge in [0.15, 0.2) is 9.84 Å². The van der Waals surface area contributed by atoms with E-state index in [0.717, 1.165) is 6.54 Å². The van der Waals surface area contributed by atoms with E-state index in [-0.39, 0.29) is 41.9 Å². The first-order valence-corrected chi connectivity index (χ1v) is 15.8. The van der Waals surface area contributed by atoms with E-state index in [1.807, 2.05) is 11.9 Å². The van der Waals surface area contributed by atoms with Crippen molar-refractivity contribution in [2.75, 3.05) is 30.8 Å². The summed E-state index contributed by atoms with van der Waals surface area (Å²) in [4.78, 5) is 29.6. The van der Waals surface area contributed by atoms with Crippen LogP contribution in [0.5, 0.6) is 0 Å². The monoisotopic (exact) mass is 633 g/mol. The number of anilines is 1. The summed E-state index contributed by atoms with van der Waals surface area (Å²) in [5, 5.41) is 10.9. The molecule has 3 aromatic rings. The van der Waals surface area contributed by atoms with Gasteiger partial charge in [-0.2, -0.15) is 0 Å². The molecule has 1 unspecified atom stereocenters. The van der Waals surface area contributed by atoms with Crippen molar-refractivity contribution >= 4 is 39.1 Å². The van der Waals surface area contributed by atoms with Gasteiger partial charge >= 0.3 is 6.09 Å². The number of nitrogens with one attached hydrogen (secondary N) is 1. The van der Waals surface area contributed by atoms with Crippen molar-refractivity contribution in [2.45, 2.75) is 62.4 Å². The maximum absolute atomic E-state index is 15.7. The van der Waals surface area contributed by atoms with Crippen molar-refractivity contribution in [3.8, 4) is 11.5 Å². The van der Waals surface area contributed by atoms with Crippen molar-refractivity contribution < 1.29 is 31.6 Å². The summed E-state index contributed by atoms with van der Waals surface area (Å²) in [7, 11) is -2.28. The number of sulfone groups is 1. The van der Waals surface area contributed by atoms with Gasteiger partial charge in [-0.25, -0.2) is 17.6 Å². The number of carbonyl (C=O) groups excluding carboxylic acids is 2. The van der Waals surface area contributed by atoms with E-state index in [2.05, 4.69) is 15.5 Å². The van der Waals surface area contributed by atoms with E-state index in [4.69, 9.17) is 20.8 Å². The van der Waals surface area contributed by atoms with Crippen LogP contribution in [0.1, 0.15) is 45.1 Å². The Balaban J connectivity index is 1.55. The van der Waals surface area contributed by atoms with E-state index < -0.39 is 44.9 Å². The van der Waals surface area contributed by atoms with Gasteiger partial charge in [-0.05, 0) is 83.1 Å². The van der Waals surface area contributed by atoms with Crippen LogP contribution in [0.4, 0.5) is 14.9 Å². The van der Waals surface area contributed by atoms with E-state index in [9.17, 15) is 18.0 Å². The Morgan fingerprint density at radius 2 is 1.93 bits per heavy atom. The Kier molecular flexibility index (Phi) is 8.27. The second-order valence-corrected chi connectivity index (χ2v) is 14.4.